The fraction of sp³-hybridized carbons (Fsp3) is 0.538. The predicted octanol–water partition coefficient (Wildman–Crippen LogP) is 3.47. The zero-order chi connectivity index (χ0) is 11.8. The van der Waals surface area contributed by atoms with Gasteiger partial charge in [-0.25, -0.2) is 0 Å². The molecule has 0 radical (unpaired) electrons. The van der Waals surface area contributed by atoms with Gasteiger partial charge in [0.05, 0.1) is 0 Å². The lowest BCUT2D eigenvalue weighted by Crippen LogP contribution is -2.38. The van der Waals surface area contributed by atoms with Crippen molar-refractivity contribution in [3.63, 3.8) is 0 Å². The second kappa shape index (κ2) is 4.27. The molecule has 0 aromatic heterocycles. The molecule has 2 nitrogen and oxygen atoms in total. The summed E-state index contributed by atoms with van der Waals surface area (Å²) < 4.78 is 0. The minimum atomic E-state index is -0.391. The van der Waals surface area contributed by atoms with Crippen molar-refractivity contribution in [2.45, 2.75) is 44.6 Å². The summed E-state index contributed by atoms with van der Waals surface area (Å²) in [4.78, 5) is 0. The average molecular weight is 240 g/mol. The van der Waals surface area contributed by atoms with Crippen molar-refractivity contribution < 1.29 is 5.11 Å². The predicted molar refractivity (Wildman–Crippen MR) is 66.8 cm³/mol. The smallest absolute Gasteiger partial charge is 0.123 e. The number of hydrogen-bond donors (Lipinski definition) is 2. The summed E-state index contributed by atoms with van der Waals surface area (Å²) in [5.74, 6) is 0.314. The van der Waals surface area contributed by atoms with Crippen molar-refractivity contribution in [3.05, 3.63) is 28.3 Å². The van der Waals surface area contributed by atoms with E-state index in [2.05, 4.69) is 0 Å². The van der Waals surface area contributed by atoms with Crippen molar-refractivity contribution in [2.24, 2.45) is 5.73 Å². The first-order valence-corrected chi connectivity index (χ1v) is 6.19. The minimum absolute atomic E-state index is 0.314. The fourth-order valence-electron chi connectivity index (χ4n) is 2.57. The van der Waals surface area contributed by atoms with E-state index in [-0.39, 0.29) is 0 Å². The molecule has 1 aliphatic rings. The summed E-state index contributed by atoms with van der Waals surface area (Å²) in [5.41, 5.74) is 7.63. The van der Waals surface area contributed by atoms with Crippen LogP contribution in [0.4, 0.5) is 0 Å². The Hall–Kier alpha value is -0.730. The molecule has 0 atom stereocenters. The number of aromatic hydroxyl groups is 1. The summed E-state index contributed by atoms with van der Waals surface area (Å²) in [6.45, 7) is 1.86. The molecule has 16 heavy (non-hydrogen) atoms. The molecule has 0 aliphatic heterocycles. The highest BCUT2D eigenvalue weighted by Gasteiger charge is 2.32. The molecule has 0 saturated heterocycles. The summed E-state index contributed by atoms with van der Waals surface area (Å²) in [6.07, 6.45) is 5.35. The second-order valence-corrected chi connectivity index (χ2v) is 5.27. The summed E-state index contributed by atoms with van der Waals surface area (Å²) in [6, 6.07) is 3.59. The number of aryl methyl sites for hydroxylation is 1. The van der Waals surface area contributed by atoms with E-state index >= 15 is 0 Å². The molecule has 88 valence electrons. The number of rotatable bonds is 1. The Morgan fingerprint density at radius 3 is 2.50 bits per heavy atom. The van der Waals surface area contributed by atoms with Gasteiger partial charge in [0.1, 0.15) is 5.75 Å². The third-order valence-electron chi connectivity index (χ3n) is 3.55. The summed E-state index contributed by atoms with van der Waals surface area (Å²) in [5, 5.41) is 10.8. The Bertz CT molecular complexity index is 397. The van der Waals surface area contributed by atoms with Crippen molar-refractivity contribution in [3.8, 4) is 5.75 Å². The molecule has 0 spiro atoms. The highest BCUT2D eigenvalue weighted by molar-refractivity contribution is 6.30. The first-order chi connectivity index (χ1) is 7.53. The summed E-state index contributed by atoms with van der Waals surface area (Å²) >= 11 is 6.04. The molecule has 2 rings (SSSR count). The molecular formula is C13H18ClNO. The molecule has 1 saturated carbocycles. The molecule has 3 N–H and O–H groups in total. The number of halogens is 1. The van der Waals surface area contributed by atoms with E-state index in [0.29, 0.717) is 10.8 Å². The topological polar surface area (TPSA) is 46.2 Å². The van der Waals surface area contributed by atoms with Gasteiger partial charge in [-0.05, 0) is 37.5 Å². The lowest BCUT2D eigenvalue weighted by atomic mass is 9.76. The maximum atomic E-state index is 10.1. The largest absolute Gasteiger partial charge is 0.507 e. The third kappa shape index (κ3) is 2.04. The van der Waals surface area contributed by atoms with Gasteiger partial charge in [0.25, 0.3) is 0 Å². The Kier molecular flexibility index (Phi) is 3.13. The van der Waals surface area contributed by atoms with Crippen LogP contribution in [0.5, 0.6) is 5.75 Å². The van der Waals surface area contributed by atoms with Crippen LogP contribution in [0.1, 0.15) is 43.2 Å². The van der Waals surface area contributed by atoms with Crippen LogP contribution >= 0.6 is 11.6 Å². The standard InChI is InChI=1S/C13H18ClNO/c1-9-7-10(14)8-11(12(9)16)13(15)5-3-2-4-6-13/h7-8,16H,2-6,15H2,1H3. The Balaban J connectivity index is 2.45. The molecule has 0 amide bonds. The molecule has 1 aromatic rings. The molecule has 1 fully saturated rings. The zero-order valence-corrected chi connectivity index (χ0v) is 10.3. The molecule has 1 aromatic carbocycles. The molecule has 0 bridgehead atoms. The minimum Gasteiger partial charge on any atom is -0.507 e. The lowest BCUT2D eigenvalue weighted by Gasteiger charge is -2.34. The van der Waals surface area contributed by atoms with E-state index in [9.17, 15) is 5.11 Å². The first kappa shape index (κ1) is 11.7. The van der Waals surface area contributed by atoms with Gasteiger partial charge in [-0.1, -0.05) is 30.9 Å². The maximum Gasteiger partial charge on any atom is 0.123 e. The van der Waals surface area contributed by atoms with Gasteiger partial charge in [-0.2, -0.15) is 0 Å². The number of nitrogens with two attached hydrogens (primary N) is 1. The van der Waals surface area contributed by atoms with Gasteiger partial charge in [-0.3, -0.25) is 0 Å². The third-order valence-corrected chi connectivity index (χ3v) is 3.77. The van der Waals surface area contributed by atoms with Crippen LogP contribution in [0.15, 0.2) is 12.1 Å². The highest BCUT2D eigenvalue weighted by atomic mass is 35.5. The zero-order valence-electron chi connectivity index (χ0n) is 9.59. The number of phenols is 1. The SMILES string of the molecule is Cc1cc(Cl)cc(C2(N)CCCCC2)c1O. The normalized spacial score (nSPS) is 19.7. The van der Waals surface area contributed by atoms with Crippen molar-refractivity contribution in [1.29, 1.82) is 0 Å². The van der Waals surface area contributed by atoms with E-state index in [1.54, 1.807) is 6.07 Å². The van der Waals surface area contributed by atoms with Crippen LogP contribution in [0.25, 0.3) is 0 Å². The van der Waals surface area contributed by atoms with Crippen LogP contribution in [-0.4, -0.2) is 5.11 Å². The van der Waals surface area contributed by atoms with E-state index in [1.807, 2.05) is 13.0 Å². The van der Waals surface area contributed by atoms with E-state index < -0.39 is 5.54 Å². The number of benzene rings is 1. The molecule has 3 heteroatoms. The molecule has 0 heterocycles. The lowest BCUT2D eigenvalue weighted by molar-refractivity contribution is 0.291. The molecule has 1 aliphatic carbocycles. The Morgan fingerprint density at radius 2 is 1.88 bits per heavy atom. The van der Waals surface area contributed by atoms with E-state index in [0.717, 1.165) is 36.8 Å². The van der Waals surface area contributed by atoms with Crippen molar-refractivity contribution >= 4 is 11.6 Å². The Labute approximate surface area is 101 Å². The van der Waals surface area contributed by atoms with Gasteiger partial charge in [0.2, 0.25) is 0 Å². The van der Waals surface area contributed by atoms with Crippen LogP contribution in [0.3, 0.4) is 0 Å². The molecular weight excluding hydrogens is 222 g/mol. The van der Waals surface area contributed by atoms with Crippen molar-refractivity contribution in [2.75, 3.05) is 0 Å². The van der Waals surface area contributed by atoms with Crippen LogP contribution < -0.4 is 5.73 Å². The molecule has 0 unspecified atom stereocenters. The Morgan fingerprint density at radius 1 is 1.25 bits per heavy atom. The number of hydrogen-bond acceptors (Lipinski definition) is 2. The van der Waals surface area contributed by atoms with E-state index in [4.69, 9.17) is 17.3 Å². The maximum absolute atomic E-state index is 10.1. The fourth-order valence-corrected chi connectivity index (χ4v) is 2.84. The van der Waals surface area contributed by atoms with Crippen LogP contribution in [0.2, 0.25) is 5.02 Å². The monoisotopic (exact) mass is 239 g/mol. The first-order valence-electron chi connectivity index (χ1n) is 5.81. The van der Waals surface area contributed by atoms with E-state index in [1.165, 1.54) is 6.42 Å². The summed E-state index contributed by atoms with van der Waals surface area (Å²) in [7, 11) is 0. The highest BCUT2D eigenvalue weighted by Crippen LogP contribution is 2.41. The van der Waals surface area contributed by atoms with Gasteiger partial charge in [-0.15, -0.1) is 0 Å². The van der Waals surface area contributed by atoms with Gasteiger partial charge < -0.3 is 10.8 Å². The van der Waals surface area contributed by atoms with Crippen LogP contribution in [-0.2, 0) is 5.54 Å². The van der Waals surface area contributed by atoms with Gasteiger partial charge in [0, 0.05) is 16.1 Å². The second-order valence-electron chi connectivity index (χ2n) is 4.84. The van der Waals surface area contributed by atoms with Crippen LogP contribution in [0, 0.1) is 6.92 Å². The quantitative estimate of drug-likeness (QED) is 0.788. The number of phenolic OH excluding ortho intramolecular Hbond substituents is 1. The van der Waals surface area contributed by atoms with Crippen molar-refractivity contribution in [1.82, 2.24) is 0 Å². The average Bonchev–Trinajstić information content (AvgIpc) is 2.24. The van der Waals surface area contributed by atoms with Gasteiger partial charge >= 0.3 is 0 Å². The van der Waals surface area contributed by atoms with Gasteiger partial charge in [0.15, 0.2) is 0 Å².